The molecule has 0 bridgehead atoms. The molecule has 0 aliphatic heterocycles. The van der Waals surface area contributed by atoms with Crippen molar-refractivity contribution >= 4 is 0 Å². The minimum absolute atomic E-state index is 0.0766. The van der Waals surface area contributed by atoms with Gasteiger partial charge in [-0.2, -0.15) is 0 Å². The largest absolute Gasteiger partial charge is 0.372 e. The van der Waals surface area contributed by atoms with Crippen molar-refractivity contribution < 1.29 is 9.47 Å². The zero-order valence-corrected chi connectivity index (χ0v) is 11.2. The highest BCUT2D eigenvalue weighted by Crippen LogP contribution is 2.44. The Morgan fingerprint density at radius 2 is 1.81 bits per heavy atom. The molecule has 1 rings (SSSR count). The Hall–Kier alpha value is -0.120. The summed E-state index contributed by atoms with van der Waals surface area (Å²) in [6, 6.07) is 0.0766. The molecule has 2 N–H and O–H groups in total. The first kappa shape index (κ1) is 13.9. The molecular weight excluding hydrogens is 202 g/mol. The first-order valence-electron chi connectivity index (χ1n) is 6.59. The Bertz CT molecular complexity index is 211. The molecule has 0 aromatic carbocycles. The predicted octanol–water partition coefficient (Wildman–Crippen LogP) is 2.48. The number of nitrogens with two attached hydrogens (primary N) is 1. The van der Waals surface area contributed by atoms with Crippen LogP contribution in [0, 0.1) is 0 Å². The molecule has 0 heterocycles. The van der Waals surface area contributed by atoms with Crippen LogP contribution in [-0.2, 0) is 9.47 Å². The summed E-state index contributed by atoms with van der Waals surface area (Å²) in [7, 11) is 0. The molecule has 1 aliphatic rings. The van der Waals surface area contributed by atoms with Gasteiger partial charge in [0, 0.05) is 19.3 Å². The number of hydrogen-bond acceptors (Lipinski definition) is 3. The van der Waals surface area contributed by atoms with Gasteiger partial charge in [-0.05, 0) is 46.5 Å². The van der Waals surface area contributed by atoms with Gasteiger partial charge in [-0.15, -0.1) is 0 Å². The van der Waals surface area contributed by atoms with Crippen LogP contribution in [-0.4, -0.2) is 30.5 Å². The van der Waals surface area contributed by atoms with Crippen molar-refractivity contribution in [1.82, 2.24) is 0 Å². The van der Waals surface area contributed by atoms with Crippen LogP contribution >= 0.6 is 0 Å². The summed E-state index contributed by atoms with van der Waals surface area (Å²) < 4.78 is 12.0. The number of rotatable bonds is 5. The van der Waals surface area contributed by atoms with Gasteiger partial charge in [-0.1, -0.05) is 6.92 Å². The van der Waals surface area contributed by atoms with Gasteiger partial charge in [0.25, 0.3) is 0 Å². The van der Waals surface area contributed by atoms with Crippen molar-refractivity contribution in [2.45, 2.75) is 70.6 Å². The van der Waals surface area contributed by atoms with Crippen LogP contribution in [0.5, 0.6) is 0 Å². The van der Waals surface area contributed by atoms with E-state index in [0.29, 0.717) is 6.61 Å². The molecule has 0 spiro atoms. The van der Waals surface area contributed by atoms with Gasteiger partial charge in [0.1, 0.15) is 5.60 Å². The van der Waals surface area contributed by atoms with Gasteiger partial charge in [0.15, 0.2) is 0 Å². The monoisotopic (exact) mass is 229 g/mol. The summed E-state index contributed by atoms with van der Waals surface area (Å²) in [6.45, 7) is 9.79. The molecule has 3 atom stereocenters. The number of ether oxygens (including phenoxy) is 2. The maximum absolute atomic E-state index is 6.28. The molecule has 3 nitrogen and oxygen atoms in total. The van der Waals surface area contributed by atoms with E-state index in [9.17, 15) is 0 Å². The second-order valence-electron chi connectivity index (χ2n) is 4.82. The summed E-state index contributed by atoms with van der Waals surface area (Å²) in [5, 5.41) is 0. The Kier molecular flexibility index (Phi) is 4.77. The van der Waals surface area contributed by atoms with E-state index in [2.05, 4.69) is 13.8 Å². The average Bonchev–Trinajstić information content (AvgIpc) is 2.26. The second-order valence-corrected chi connectivity index (χ2v) is 4.82. The summed E-state index contributed by atoms with van der Waals surface area (Å²) in [5.41, 5.74) is 5.73. The van der Waals surface area contributed by atoms with E-state index >= 15 is 0 Å². The molecule has 0 amide bonds. The van der Waals surface area contributed by atoms with E-state index in [1.165, 1.54) is 0 Å². The lowest BCUT2D eigenvalue weighted by atomic mass is 9.68. The highest BCUT2D eigenvalue weighted by molar-refractivity contribution is 5.08. The van der Waals surface area contributed by atoms with Crippen molar-refractivity contribution in [2.75, 3.05) is 13.2 Å². The van der Waals surface area contributed by atoms with Crippen LogP contribution < -0.4 is 5.73 Å². The minimum Gasteiger partial charge on any atom is -0.372 e. The summed E-state index contributed by atoms with van der Waals surface area (Å²) in [6.07, 6.45) is 4.19. The van der Waals surface area contributed by atoms with E-state index in [4.69, 9.17) is 15.2 Å². The van der Waals surface area contributed by atoms with Gasteiger partial charge in [0.05, 0.1) is 5.60 Å². The lowest BCUT2D eigenvalue weighted by molar-refractivity contribution is -0.225. The van der Waals surface area contributed by atoms with Gasteiger partial charge in [-0.25, -0.2) is 0 Å². The fraction of sp³-hybridized carbons (Fsp3) is 1.00. The SMILES string of the molecule is CCOC1(CC)CCCC(N)C1(C)OCC. The zero-order chi connectivity index (χ0) is 12.2. The number of hydrogen-bond donors (Lipinski definition) is 1. The fourth-order valence-corrected chi connectivity index (χ4v) is 3.13. The lowest BCUT2D eigenvalue weighted by Gasteiger charge is -2.53. The van der Waals surface area contributed by atoms with Crippen LogP contribution in [0.2, 0.25) is 0 Å². The molecule has 1 aliphatic carbocycles. The van der Waals surface area contributed by atoms with Gasteiger partial charge < -0.3 is 15.2 Å². The molecule has 0 aromatic rings. The maximum Gasteiger partial charge on any atom is 0.109 e. The Labute approximate surface area is 99.7 Å². The van der Waals surface area contributed by atoms with E-state index in [1.807, 2.05) is 13.8 Å². The molecule has 0 saturated heterocycles. The molecule has 3 heteroatoms. The van der Waals surface area contributed by atoms with Crippen molar-refractivity contribution in [3.63, 3.8) is 0 Å². The first-order chi connectivity index (χ1) is 7.56. The smallest absolute Gasteiger partial charge is 0.109 e. The molecule has 1 saturated carbocycles. The molecule has 0 aromatic heterocycles. The van der Waals surface area contributed by atoms with Gasteiger partial charge >= 0.3 is 0 Å². The third-order valence-corrected chi connectivity index (χ3v) is 4.14. The van der Waals surface area contributed by atoms with Gasteiger partial charge in [-0.3, -0.25) is 0 Å². The van der Waals surface area contributed by atoms with Crippen LogP contribution in [0.4, 0.5) is 0 Å². The van der Waals surface area contributed by atoms with E-state index < -0.39 is 0 Å². The highest BCUT2D eigenvalue weighted by Gasteiger charge is 2.54. The lowest BCUT2D eigenvalue weighted by Crippen LogP contribution is -2.66. The minimum atomic E-state index is -0.342. The average molecular weight is 229 g/mol. The molecule has 16 heavy (non-hydrogen) atoms. The first-order valence-corrected chi connectivity index (χ1v) is 6.59. The predicted molar refractivity (Wildman–Crippen MR) is 66.5 cm³/mol. The Morgan fingerprint density at radius 1 is 1.19 bits per heavy atom. The van der Waals surface area contributed by atoms with Crippen molar-refractivity contribution in [2.24, 2.45) is 5.73 Å². The zero-order valence-electron chi connectivity index (χ0n) is 11.2. The summed E-state index contributed by atoms with van der Waals surface area (Å²) in [5.74, 6) is 0. The Morgan fingerprint density at radius 3 is 2.31 bits per heavy atom. The van der Waals surface area contributed by atoms with E-state index in [-0.39, 0.29) is 17.2 Å². The maximum atomic E-state index is 6.28. The molecular formula is C13H27NO2. The topological polar surface area (TPSA) is 44.5 Å². The van der Waals surface area contributed by atoms with Crippen molar-refractivity contribution in [1.29, 1.82) is 0 Å². The van der Waals surface area contributed by atoms with Crippen molar-refractivity contribution in [3.8, 4) is 0 Å². The van der Waals surface area contributed by atoms with Crippen molar-refractivity contribution in [3.05, 3.63) is 0 Å². The van der Waals surface area contributed by atoms with Gasteiger partial charge in [0.2, 0.25) is 0 Å². The molecule has 0 radical (unpaired) electrons. The third kappa shape index (κ3) is 2.13. The van der Waals surface area contributed by atoms with E-state index in [1.54, 1.807) is 0 Å². The standard InChI is InChI=1S/C13H27NO2/c1-5-13(16-7-3)10-8-9-11(14)12(13,4)15-6-2/h11H,5-10,14H2,1-4H3. The second kappa shape index (κ2) is 5.48. The molecule has 3 unspecified atom stereocenters. The van der Waals surface area contributed by atoms with Crippen LogP contribution in [0.1, 0.15) is 53.4 Å². The van der Waals surface area contributed by atoms with E-state index in [0.717, 1.165) is 32.3 Å². The third-order valence-electron chi connectivity index (χ3n) is 4.14. The summed E-state index contributed by atoms with van der Waals surface area (Å²) in [4.78, 5) is 0. The normalized spacial score (nSPS) is 39.9. The quantitative estimate of drug-likeness (QED) is 0.787. The molecule has 1 fully saturated rings. The molecule has 96 valence electrons. The summed E-state index contributed by atoms with van der Waals surface area (Å²) >= 11 is 0. The Balaban J connectivity index is 2.99. The van der Waals surface area contributed by atoms with Crippen LogP contribution in [0.3, 0.4) is 0 Å². The fourth-order valence-electron chi connectivity index (χ4n) is 3.13. The van der Waals surface area contributed by atoms with Crippen LogP contribution in [0.25, 0.3) is 0 Å². The highest BCUT2D eigenvalue weighted by atomic mass is 16.6. The van der Waals surface area contributed by atoms with Crippen LogP contribution in [0.15, 0.2) is 0 Å².